The smallest absolute Gasteiger partial charge is 0.426 e. The molecule has 0 saturated carbocycles. The molecule has 0 aliphatic carbocycles. The summed E-state index contributed by atoms with van der Waals surface area (Å²) in [6.45, 7) is 6.40. The number of hydrogen-bond acceptors (Lipinski definition) is 6. The van der Waals surface area contributed by atoms with Crippen molar-refractivity contribution < 1.29 is 19.6 Å². The van der Waals surface area contributed by atoms with Gasteiger partial charge in [-0.15, -0.1) is 0 Å². The minimum atomic E-state index is -1.68. The lowest BCUT2D eigenvalue weighted by Gasteiger charge is -2.24. The summed E-state index contributed by atoms with van der Waals surface area (Å²) in [6, 6.07) is 7.50. The fourth-order valence-corrected chi connectivity index (χ4v) is 4.12. The molecule has 34 heavy (non-hydrogen) atoms. The minimum absolute atomic E-state index is 0.159. The minimum Gasteiger partial charge on any atom is -0.426 e. The molecule has 0 spiro atoms. The van der Waals surface area contributed by atoms with Gasteiger partial charge in [-0.1, -0.05) is 43.7 Å². The van der Waals surface area contributed by atoms with Gasteiger partial charge in [0.1, 0.15) is 6.04 Å². The van der Waals surface area contributed by atoms with Gasteiger partial charge in [0.05, 0.1) is 5.94 Å². The van der Waals surface area contributed by atoms with E-state index in [1.54, 1.807) is 18.8 Å². The van der Waals surface area contributed by atoms with Crippen LogP contribution in [-0.4, -0.2) is 66.3 Å². The van der Waals surface area contributed by atoms with Crippen molar-refractivity contribution in [2.75, 3.05) is 19.3 Å². The molecular weight excluding hydrogens is 453 g/mol. The van der Waals surface area contributed by atoms with E-state index in [0.717, 1.165) is 5.75 Å². The Morgan fingerprint density at radius 3 is 2.44 bits per heavy atom. The summed E-state index contributed by atoms with van der Waals surface area (Å²) in [5.41, 5.74) is 8.04. The normalized spacial score (nSPS) is 13.3. The second-order valence-corrected chi connectivity index (χ2v) is 9.85. The molecule has 7 N–H and O–H groups in total. The number of rotatable bonds is 15. The van der Waals surface area contributed by atoms with Gasteiger partial charge in [-0.2, -0.15) is 11.8 Å². The largest absolute Gasteiger partial charge is 0.475 e. The van der Waals surface area contributed by atoms with Gasteiger partial charge in [0.2, 0.25) is 11.8 Å². The van der Waals surface area contributed by atoms with E-state index >= 15 is 0 Å². The Labute approximate surface area is 207 Å². The van der Waals surface area contributed by atoms with Crippen molar-refractivity contribution in [2.45, 2.75) is 64.2 Å². The van der Waals surface area contributed by atoms with Crippen LogP contribution in [0.3, 0.4) is 0 Å². The number of benzene rings is 1. The van der Waals surface area contributed by atoms with E-state index < -0.39 is 25.0 Å². The molecule has 2 atom stereocenters. The average Bonchev–Trinajstić information content (AvgIpc) is 2.78. The van der Waals surface area contributed by atoms with Crippen molar-refractivity contribution in [3.05, 3.63) is 35.4 Å². The van der Waals surface area contributed by atoms with Gasteiger partial charge < -0.3 is 31.7 Å². The molecule has 0 radical (unpaired) electrons. The highest BCUT2D eigenvalue weighted by Gasteiger charge is 2.29. The number of nitrogens with one attached hydrogen (secondary N) is 3. The van der Waals surface area contributed by atoms with E-state index in [-0.39, 0.29) is 18.2 Å². The van der Waals surface area contributed by atoms with Crippen LogP contribution in [-0.2, 0) is 15.3 Å². The summed E-state index contributed by atoms with van der Waals surface area (Å²) in [7, 11) is -0.104. The van der Waals surface area contributed by atoms with E-state index in [1.807, 2.05) is 20.8 Å². The fourth-order valence-electron chi connectivity index (χ4n) is 3.22. The first kappa shape index (κ1) is 29.8. The number of guanidine groups is 1. The number of amides is 2. The Bertz CT molecular complexity index is 777. The molecule has 0 bridgehead atoms. The maximum atomic E-state index is 12.9. The van der Waals surface area contributed by atoms with E-state index in [1.165, 1.54) is 11.1 Å². The van der Waals surface area contributed by atoms with Crippen LogP contribution in [0.5, 0.6) is 0 Å². The van der Waals surface area contributed by atoms with E-state index in [2.05, 4.69) is 45.2 Å². The maximum Gasteiger partial charge on any atom is 0.475 e. The summed E-state index contributed by atoms with van der Waals surface area (Å²) >= 11 is 1.66. The standard InChI is InChI=1S/C23H40BN5O4S/c1-16(2)14-20(24(32)33)29-22(31)19(6-5-12-27-23(25)26-4)28-21(30)11-13-34-15-18-9-7-17(3)8-10-18/h7-10,16,19-20,32-33H,5-6,11-15H2,1-4H3,(H,28,30)(H,29,31)(H3,25,26,27)/t19-,20-/m0/s1. The van der Waals surface area contributed by atoms with Gasteiger partial charge in [-0.25, -0.2) is 0 Å². The zero-order chi connectivity index (χ0) is 25.5. The molecular formula is C23H40BN5O4S. The summed E-state index contributed by atoms with van der Waals surface area (Å²) in [6.07, 6.45) is 1.62. The second kappa shape index (κ2) is 16.4. The Kier molecular flexibility index (Phi) is 14.4. The van der Waals surface area contributed by atoms with Crippen LogP contribution < -0.4 is 21.7 Å². The number of carbonyl (C=O) groups excluding carboxylic acids is 2. The van der Waals surface area contributed by atoms with Gasteiger partial charge >= 0.3 is 7.12 Å². The van der Waals surface area contributed by atoms with Crippen molar-refractivity contribution >= 4 is 36.7 Å². The molecule has 0 aliphatic rings. The van der Waals surface area contributed by atoms with Gasteiger partial charge in [-0.3, -0.25) is 14.6 Å². The zero-order valence-corrected chi connectivity index (χ0v) is 21.5. The summed E-state index contributed by atoms with van der Waals surface area (Å²) < 4.78 is 0. The first-order valence-corrected chi connectivity index (χ1v) is 12.8. The number of hydrogen-bond donors (Lipinski definition) is 6. The molecule has 1 rings (SSSR count). The molecule has 0 saturated heterocycles. The number of thioether (sulfide) groups is 1. The van der Waals surface area contributed by atoms with Gasteiger partial charge in [0.25, 0.3) is 0 Å². The predicted molar refractivity (Wildman–Crippen MR) is 140 cm³/mol. The Morgan fingerprint density at radius 1 is 1.18 bits per heavy atom. The molecule has 0 fully saturated rings. The van der Waals surface area contributed by atoms with Gasteiger partial charge in [0, 0.05) is 31.5 Å². The molecule has 11 heteroatoms. The monoisotopic (exact) mass is 493 g/mol. The molecule has 0 aromatic heterocycles. The van der Waals surface area contributed by atoms with E-state index in [4.69, 9.17) is 5.73 Å². The SMILES string of the molecule is CN=C(N)NCCC[C@H](NC(=O)CCSCc1ccc(C)cc1)C(=O)N[C@@H](CC(C)C)B(O)O. The highest BCUT2D eigenvalue weighted by Crippen LogP contribution is 2.14. The van der Waals surface area contributed by atoms with E-state index in [9.17, 15) is 19.6 Å². The Morgan fingerprint density at radius 2 is 1.85 bits per heavy atom. The maximum absolute atomic E-state index is 12.9. The number of aliphatic imine (C=N–C) groups is 1. The van der Waals surface area contributed by atoms with Crippen LogP contribution in [0, 0.1) is 12.8 Å². The Balaban J connectivity index is 2.61. The van der Waals surface area contributed by atoms with Crippen molar-refractivity contribution in [1.82, 2.24) is 16.0 Å². The molecule has 0 unspecified atom stereocenters. The van der Waals surface area contributed by atoms with Crippen molar-refractivity contribution in [3.63, 3.8) is 0 Å². The molecule has 0 heterocycles. The lowest BCUT2D eigenvalue weighted by molar-refractivity contribution is -0.129. The predicted octanol–water partition coefficient (Wildman–Crippen LogP) is 0.960. The molecule has 2 amide bonds. The third-order valence-electron chi connectivity index (χ3n) is 5.14. The first-order valence-electron chi connectivity index (χ1n) is 11.7. The lowest BCUT2D eigenvalue weighted by Crippen LogP contribution is -2.54. The number of nitrogens with zero attached hydrogens (tertiary/aromatic N) is 1. The van der Waals surface area contributed by atoms with Crippen molar-refractivity contribution in [1.29, 1.82) is 0 Å². The fraction of sp³-hybridized carbons (Fsp3) is 0.609. The van der Waals surface area contributed by atoms with Crippen LogP contribution in [0.1, 0.15) is 50.7 Å². The topological polar surface area (TPSA) is 149 Å². The average molecular weight is 493 g/mol. The van der Waals surface area contributed by atoms with Gasteiger partial charge in [-0.05, 0) is 37.7 Å². The zero-order valence-electron chi connectivity index (χ0n) is 20.7. The summed E-state index contributed by atoms with van der Waals surface area (Å²) in [5, 5.41) is 27.7. The van der Waals surface area contributed by atoms with E-state index in [0.29, 0.717) is 37.5 Å². The molecule has 190 valence electrons. The molecule has 9 nitrogen and oxygen atoms in total. The van der Waals surface area contributed by atoms with Crippen LogP contribution in [0.15, 0.2) is 29.3 Å². The lowest BCUT2D eigenvalue weighted by atomic mass is 9.75. The van der Waals surface area contributed by atoms with Crippen LogP contribution in [0.2, 0.25) is 0 Å². The third-order valence-corrected chi connectivity index (χ3v) is 6.17. The highest BCUT2D eigenvalue weighted by molar-refractivity contribution is 7.98. The Hall–Kier alpha value is -2.24. The van der Waals surface area contributed by atoms with Gasteiger partial charge in [0.15, 0.2) is 5.96 Å². The molecule has 0 aliphatic heterocycles. The summed E-state index contributed by atoms with van der Waals surface area (Å²) in [5.74, 6) is 0.444. The third kappa shape index (κ3) is 12.9. The number of carbonyl (C=O) groups is 2. The number of aryl methyl sites for hydroxylation is 1. The van der Waals surface area contributed by atoms with Crippen LogP contribution in [0.4, 0.5) is 0 Å². The highest BCUT2D eigenvalue weighted by atomic mass is 32.2. The number of nitrogens with two attached hydrogens (primary N) is 1. The van der Waals surface area contributed by atoms with Crippen LogP contribution in [0.25, 0.3) is 0 Å². The first-order chi connectivity index (χ1) is 16.1. The molecule has 1 aromatic rings. The van der Waals surface area contributed by atoms with Crippen molar-refractivity contribution in [2.24, 2.45) is 16.6 Å². The second-order valence-electron chi connectivity index (χ2n) is 8.74. The quantitative estimate of drug-likeness (QED) is 0.0923. The van der Waals surface area contributed by atoms with Crippen LogP contribution >= 0.6 is 11.8 Å². The van der Waals surface area contributed by atoms with Crippen molar-refractivity contribution in [3.8, 4) is 0 Å². The molecule has 1 aromatic carbocycles. The summed E-state index contributed by atoms with van der Waals surface area (Å²) in [4.78, 5) is 29.2.